The van der Waals surface area contributed by atoms with Gasteiger partial charge in [-0.05, 0) is 38.0 Å². The molecule has 1 aromatic heterocycles. The van der Waals surface area contributed by atoms with Crippen LogP contribution >= 0.6 is 0 Å². The molecule has 2 aromatic rings. The lowest BCUT2D eigenvalue weighted by Crippen LogP contribution is -2.14. The third kappa shape index (κ3) is 1.69. The minimum Gasteiger partial charge on any atom is -0.325 e. The zero-order chi connectivity index (χ0) is 12.9. The second kappa shape index (κ2) is 3.73. The fraction of sp³-hybridized carbons (Fsp3) is 0.462. The van der Waals surface area contributed by atoms with E-state index in [0.29, 0.717) is 11.6 Å². The molecule has 0 bridgehead atoms. The van der Waals surface area contributed by atoms with E-state index in [9.17, 15) is 13.2 Å². The SMILES string of the molecule is C[C@H]1CCCc2nc3cc(C(F)(F)F)ccc3n21. The van der Waals surface area contributed by atoms with Crippen molar-refractivity contribution >= 4 is 11.0 Å². The monoisotopic (exact) mass is 254 g/mol. The summed E-state index contributed by atoms with van der Waals surface area (Å²) in [6, 6.07) is 4.14. The Morgan fingerprint density at radius 3 is 2.83 bits per heavy atom. The maximum Gasteiger partial charge on any atom is 0.416 e. The van der Waals surface area contributed by atoms with E-state index in [0.717, 1.165) is 42.7 Å². The summed E-state index contributed by atoms with van der Waals surface area (Å²) < 4.78 is 40.0. The van der Waals surface area contributed by atoms with E-state index in [4.69, 9.17) is 0 Å². The predicted molar refractivity (Wildman–Crippen MR) is 62.4 cm³/mol. The van der Waals surface area contributed by atoms with Crippen LogP contribution < -0.4 is 0 Å². The maximum absolute atomic E-state index is 12.6. The van der Waals surface area contributed by atoms with Crippen molar-refractivity contribution in [3.63, 3.8) is 0 Å². The third-order valence-electron chi connectivity index (χ3n) is 3.55. The molecule has 0 saturated carbocycles. The van der Waals surface area contributed by atoms with E-state index >= 15 is 0 Å². The van der Waals surface area contributed by atoms with E-state index in [-0.39, 0.29) is 0 Å². The first kappa shape index (κ1) is 11.6. The molecule has 0 amide bonds. The molecular weight excluding hydrogens is 241 g/mol. The Hall–Kier alpha value is -1.52. The smallest absolute Gasteiger partial charge is 0.325 e. The van der Waals surface area contributed by atoms with Crippen LogP contribution in [0.3, 0.4) is 0 Å². The van der Waals surface area contributed by atoms with Crippen molar-refractivity contribution in [1.29, 1.82) is 0 Å². The molecule has 96 valence electrons. The molecule has 2 heterocycles. The molecule has 1 aliphatic rings. The van der Waals surface area contributed by atoms with Crippen molar-refractivity contribution in [2.75, 3.05) is 0 Å². The molecule has 5 heteroatoms. The largest absolute Gasteiger partial charge is 0.416 e. The lowest BCUT2D eigenvalue weighted by atomic mass is 10.1. The van der Waals surface area contributed by atoms with E-state index in [1.807, 2.05) is 0 Å². The van der Waals surface area contributed by atoms with Gasteiger partial charge in [-0.25, -0.2) is 4.98 Å². The summed E-state index contributed by atoms with van der Waals surface area (Å²) in [5.74, 6) is 0.906. The first-order valence-electron chi connectivity index (χ1n) is 6.05. The van der Waals surface area contributed by atoms with E-state index in [1.165, 1.54) is 6.07 Å². The van der Waals surface area contributed by atoms with Crippen LogP contribution in [0.1, 0.15) is 37.2 Å². The summed E-state index contributed by atoms with van der Waals surface area (Å²) in [5, 5.41) is 0. The number of imidazole rings is 1. The number of aryl methyl sites for hydroxylation is 1. The number of hydrogen-bond donors (Lipinski definition) is 0. The van der Waals surface area contributed by atoms with Gasteiger partial charge in [0.1, 0.15) is 5.82 Å². The topological polar surface area (TPSA) is 17.8 Å². The Kier molecular flexibility index (Phi) is 2.40. The molecule has 3 rings (SSSR count). The van der Waals surface area contributed by atoms with Gasteiger partial charge in [0.15, 0.2) is 0 Å². The van der Waals surface area contributed by atoms with Crippen molar-refractivity contribution in [2.45, 2.75) is 38.4 Å². The van der Waals surface area contributed by atoms with Crippen molar-refractivity contribution in [3.05, 3.63) is 29.6 Å². The number of halogens is 3. The second-order valence-corrected chi connectivity index (χ2v) is 4.84. The van der Waals surface area contributed by atoms with Crippen molar-refractivity contribution < 1.29 is 13.2 Å². The van der Waals surface area contributed by atoms with Gasteiger partial charge in [-0.1, -0.05) is 0 Å². The van der Waals surface area contributed by atoms with Gasteiger partial charge in [-0.2, -0.15) is 13.2 Å². The molecule has 1 atom stereocenters. The Labute approximate surface area is 102 Å². The lowest BCUT2D eigenvalue weighted by Gasteiger charge is -2.22. The number of nitrogens with zero attached hydrogens (tertiary/aromatic N) is 2. The number of alkyl halides is 3. The average molecular weight is 254 g/mol. The van der Waals surface area contributed by atoms with Gasteiger partial charge in [0.2, 0.25) is 0 Å². The molecule has 0 fully saturated rings. The van der Waals surface area contributed by atoms with Gasteiger partial charge in [0, 0.05) is 12.5 Å². The van der Waals surface area contributed by atoms with Crippen LogP contribution in [0.2, 0.25) is 0 Å². The predicted octanol–water partition coefficient (Wildman–Crippen LogP) is 3.95. The summed E-state index contributed by atoms with van der Waals surface area (Å²) >= 11 is 0. The van der Waals surface area contributed by atoms with Gasteiger partial charge in [0.05, 0.1) is 16.6 Å². The first-order chi connectivity index (χ1) is 8.47. The number of fused-ring (bicyclic) bond motifs is 3. The summed E-state index contributed by atoms with van der Waals surface area (Å²) in [7, 11) is 0. The van der Waals surface area contributed by atoms with Crippen LogP contribution in [0, 0.1) is 0 Å². The zero-order valence-corrected chi connectivity index (χ0v) is 9.96. The molecule has 0 unspecified atom stereocenters. The van der Waals surface area contributed by atoms with Crippen molar-refractivity contribution in [3.8, 4) is 0 Å². The van der Waals surface area contributed by atoms with Crippen LogP contribution in [-0.2, 0) is 12.6 Å². The number of aromatic nitrogens is 2. The minimum absolute atomic E-state index is 0.315. The number of benzene rings is 1. The Balaban J connectivity index is 2.20. The van der Waals surface area contributed by atoms with E-state index < -0.39 is 11.7 Å². The molecule has 18 heavy (non-hydrogen) atoms. The van der Waals surface area contributed by atoms with Gasteiger partial charge in [-0.3, -0.25) is 0 Å². The Morgan fingerprint density at radius 1 is 1.33 bits per heavy atom. The molecule has 1 aliphatic heterocycles. The fourth-order valence-corrected chi connectivity index (χ4v) is 2.68. The quantitative estimate of drug-likeness (QED) is 0.696. The molecule has 0 N–H and O–H groups in total. The van der Waals surface area contributed by atoms with Crippen molar-refractivity contribution in [1.82, 2.24) is 9.55 Å². The molecule has 0 spiro atoms. The normalized spacial score (nSPS) is 20.1. The maximum atomic E-state index is 12.6. The molecule has 1 aromatic carbocycles. The second-order valence-electron chi connectivity index (χ2n) is 4.84. The first-order valence-corrected chi connectivity index (χ1v) is 6.05. The standard InChI is InChI=1S/C13H13F3N2/c1-8-3-2-4-12-17-10-7-9(13(14,15)16)5-6-11(10)18(8)12/h5-8H,2-4H2,1H3/t8-/m0/s1. The Bertz CT molecular complexity index is 598. The van der Waals surface area contributed by atoms with Crippen LogP contribution in [-0.4, -0.2) is 9.55 Å². The molecule has 2 nitrogen and oxygen atoms in total. The minimum atomic E-state index is -4.30. The highest BCUT2D eigenvalue weighted by atomic mass is 19.4. The van der Waals surface area contributed by atoms with E-state index in [2.05, 4.69) is 16.5 Å². The molecular formula is C13H13F3N2. The fourth-order valence-electron chi connectivity index (χ4n) is 2.68. The van der Waals surface area contributed by atoms with Crippen LogP contribution in [0.5, 0.6) is 0 Å². The van der Waals surface area contributed by atoms with Crippen LogP contribution in [0.25, 0.3) is 11.0 Å². The van der Waals surface area contributed by atoms with Gasteiger partial charge >= 0.3 is 6.18 Å². The van der Waals surface area contributed by atoms with Crippen molar-refractivity contribution in [2.24, 2.45) is 0 Å². The Morgan fingerprint density at radius 2 is 2.11 bits per heavy atom. The zero-order valence-electron chi connectivity index (χ0n) is 9.96. The summed E-state index contributed by atoms with van der Waals surface area (Å²) in [4.78, 5) is 4.34. The summed E-state index contributed by atoms with van der Waals surface area (Å²) in [6.07, 6.45) is -1.35. The number of hydrogen-bond acceptors (Lipinski definition) is 1. The van der Waals surface area contributed by atoms with Gasteiger partial charge in [-0.15, -0.1) is 0 Å². The lowest BCUT2D eigenvalue weighted by molar-refractivity contribution is -0.137. The van der Waals surface area contributed by atoms with Gasteiger partial charge in [0.25, 0.3) is 0 Å². The highest BCUT2D eigenvalue weighted by molar-refractivity contribution is 5.77. The van der Waals surface area contributed by atoms with E-state index in [1.54, 1.807) is 0 Å². The third-order valence-corrected chi connectivity index (χ3v) is 3.55. The molecule has 0 saturated heterocycles. The molecule has 0 radical (unpaired) electrons. The average Bonchev–Trinajstić information content (AvgIpc) is 2.66. The number of rotatable bonds is 0. The van der Waals surface area contributed by atoms with Crippen LogP contribution in [0.4, 0.5) is 13.2 Å². The van der Waals surface area contributed by atoms with Gasteiger partial charge < -0.3 is 4.57 Å². The highest BCUT2D eigenvalue weighted by Crippen LogP contribution is 2.34. The molecule has 0 aliphatic carbocycles. The summed E-state index contributed by atoms with van der Waals surface area (Å²) in [6.45, 7) is 2.08. The van der Waals surface area contributed by atoms with Crippen LogP contribution in [0.15, 0.2) is 18.2 Å². The highest BCUT2D eigenvalue weighted by Gasteiger charge is 2.31. The summed E-state index contributed by atoms with van der Waals surface area (Å²) in [5.41, 5.74) is 0.636.